The maximum absolute atomic E-state index is 12.6. The van der Waals surface area contributed by atoms with Crippen molar-refractivity contribution in [3.63, 3.8) is 0 Å². The van der Waals surface area contributed by atoms with E-state index >= 15 is 0 Å². The number of hydrogen-bond acceptors (Lipinski definition) is 5. The maximum atomic E-state index is 12.6. The molecule has 2 fully saturated rings. The molecule has 0 amide bonds. The fraction of sp³-hybridized carbons (Fsp3) is 0.545. The maximum Gasteiger partial charge on any atom is 0.287 e. The molecule has 2 aromatic rings. The summed E-state index contributed by atoms with van der Waals surface area (Å²) in [5.41, 5.74) is 1.34. The monoisotopic (exact) mass is 416 g/mol. The minimum Gasteiger partial charge on any atom is -0.391 e. The first-order valence-electron chi connectivity index (χ1n) is 10.6. The molecule has 156 valence electrons. The zero-order chi connectivity index (χ0) is 20.2. The Bertz CT molecular complexity index is 865. The molecule has 0 bridgehead atoms. The highest BCUT2D eigenvalue weighted by atomic mass is 35.5. The van der Waals surface area contributed by atoms with Gasteiger partial charge >= 0.3 is 0 Å². The lowest BCUT2D eigenvalue weighted by Gasteiger charge is -2.41. The van der Waals surface area contributed by atoms with Gasteiger partial charge in [0.15, 0.2) is 0 Å². The number of rotatable bonds is 5. The number of aliphatic hydroxyl groups excluding tert-OH is 1. The van der Waals surface area contributed by atoms with E-state index in [-0.39, 0.29) is 22.7 Å². The lowest BCUT2D eigenvalue weighted by atomic mass is 9.89. The number of hydrogen-bond donors (Lipinski definition) is 2. The van der Waals surface area contributed by atoms with Crippen molar-refractivity contribution in [3.05, 3.63) is 57.5 Å². The highest BCUT2D eigenvalue weighted by Gasteiger charge is 2.31. The second kappa shape index (κ2) is 9.28. The summed E-state index contributed by atoms with van der Waals surface area (Å²) >= 11 is 6.37. The third-order valence-corrected chi connectivity index (χ3v) is 6.58. The Morgan fingerprint density at radius 3 is 2.55 bits per heavy atom. The normalized spacial score (nSPS) is 23.8. The van der Waals surface area contributed by atoms with Gasteiger partial charge < -0.3 is 10.4 Å². The molecule has 6 nitrogen and oxygen atoms in total. The van der Waals surface area contributed by atoms with Gasteiger partial charge in [0.2, 0.25) is 0 Å². The molecule has 0 radical (unpaired) electrons. The predicted octanol–water partition coefficient (Wildman–Crippen LogP) is 3.12. The molecule has 4 rings (SSSR count). The lowest BCUT2D eigenvalue weighted by molar-refractivity contribution is 0.00993. The van der Waals surface area contributed by atoms with Gasteiger partial charge in [0, 0.05) is 25.2 Å². The van der Waals surface area contributed by atoms with Crippen LogP contribution in [-0.2, 0) is 6.54 Å². The number of nitrogens with zero attached hydrogens (tertiary/aromatic N) is 3. The van der Waals surface area contributed by atoms with Gasteiger partial charge in [-0.15, -0.1) is 0 Å². The van der Waals surface area contributed by atoms with Gasteiger partial charge in [-0.25, -0.2) is 4.68 Å². The van der Waals surface area contributed by atoms with E-state index in [0.717, 1.165) is 50.8 Å². The molecule has 2 heterocycles. The van der Waals surface area contributed by atoms with Gasteiger partial charge in [0.1, 0.15) is 5.02 Å². The van der Waals surface area contributed by atoms with Crippen LogP contribution in [0, 0.1) is 0 Å². The number of likely N-dealkylation sites (tertiary alicyclic amines) is 1. The molecule has 2 aliphatic rings. The largest absolute Gasteiger partial charge is 0.391 e. The number of aliphatic hydroxyl groups is 1. The molecule has 29 heavy (non-hydrogen) atoms. The van der Waals surface area contributed by atoms with Gasteiger partial charge in [-0.2, -0.15) is 5.10 Å². The van der Waals surface area contributed by atoms with Gasteiger partial charge in [-0.1, -0.05) is 54.8 Å². The van der Waals surface area contributed by atoms with Gasteiger partial charge in [-0.3, -0.25) is 9.69 Å². The molecule has 0 spiro atoms. The Hall–Kier alpha value is -1.89. The third kappa shape index (κ3) is 4.82. The zero-order valence-corrected chi connectivity index (χ0v) is 17.4. The van der Waals surface area contributed by atoms with Crippen LogP contribution in [0.25, 0.3) is 0 Å². The van der Waals surface area contributed by atoms with Crippen molar-refractivity contribution in [1.29, 1.82) is 0 Å². The Labute approximate surface area is 176 Å². The van der Waals surface area contributed by atoms with Crippen LogP contribution in [0.3, 0.4) is 0 Å². The molecule has 1 saturated heterocycles. The SMILES string of the molecule is O=c1c(Cl)c(NC2CCN(C3CCCCC3O)CC2)cnn1Cc1ccccc1. The molecular formula is C22H29ClN4O2. The van der Waals surface area contributed by atoms with Crippen LogP contribution in [0.5, 0.6) is 0 Å². The third-order valence-electron chi connectivity index (χ3n) is 6.21. The van der Waals surface area contributed by atoms with E-state index < -0.39 is 0 Å². The molecule has 7 heteroatoms. The Kier molecular flexibility index (Phi) is 6.53. The second-order valence-electron chi connectivity index (χ2n) is 8.19. The Balaban J connectivity index is 1.36. The fourth-order valence-corrected chi connectivity index (χ4v) is 4.75. The molecule has 1 saturated carbocycles. The summed E-state index contributed by atoms with van der Waals surface area (Å²) in [6.45, 7) is 2.31. The summed E-state index contributed by atoms with van der Waals surface area (Å²) in [5.74, 6) is 0. The molecule has 1 aromatic carbocycles. The van der Waals surface area contributed by atoms with Crippen molar-refractivity contribution in [2.75, 3.05) is 18.4 Å². The van der Waals surface area contributed by atoms with Gasteiger partial charge in [-0.05, 0) is 31.2 Å². The number of piperidine rings is 1. The molecule has 2 unspecified atom stereocenters. The highest BCUT2D eigenvalue weighted by Crippen LogP contribution is 2.27. The van der Waals surface area contributed by atoms with Crippen molar-refractivity contribution in [3.8, 4) is 0 Å². The van der Waals surface area contributed by atoms with Crippen molar-refractivity contribution in [2.45, 2.75) is 63.3 Å². The lowest BCUT2D eigenvalue weighted by Crippen LogP contribution is -2.50. The van der Waals surface area contributed by atoms with Gasteiger partial charge in [0.05, 0.1) is 24.5 Å². The Morgan fingerprint density at radius 1 is 1.10 bits per heavy atom. The molecule has 1 aromatic heterocycles. The second-order valence-corrected chi connectivity index (χ2v) is 8.57. The average molecular weight is 417 g/mol. The first-order chi connectivity index (χ1) is 14.1. The summed E-state index contributed by atoms with van der Waals surface area (Å²) in [7, 11) is 0. The van der Waals surface area contributed by atoms with E-state index in [1.807, 2.05) is 30.3 Å². The quantitative estimate of drug-likeness (QED) is 0.783. The number of aromatic nitrogens is 2. The van der Waals surface area contributed by atoms with Crippen LogP contribution in [0.1, 0.15) is 44.1 Å². The van der Waals surface area contributed by atoms with Crippen LogP contribution in [0.15, 0.2) is 41.3 Å². The van der Waals surface area contributed by atoms with Crippen molar-refractivity contribution in [2.24, 2.45) is 0 Å². The summed E-state index contributed by atoms with van der Waals surface area (Å²) in [6.07, 6.45) is 7.75. The summed E-state index contributed by atoms with van der Waals surface area (Å²) in [5, 5.41) is 18.2. The minimum absolute atomic E-state index is 0.191. The first-order valence-corrected chi connectivity index (χ1v) is 11.0. The van der Waals surface area contributed by atoms with E-state index in [0.29, 0.717) is 18.3 Å². The predicted molar refractivity (Wildman–Crippen MR) is 116 cm³/mol. The van der Waals surface area contributed by atoms with Crippen molar-refractivity contribution in [1.82, 2.24) is 14.7 Å². The Morgan fingerprint density at radius 2 is 1.83 bits per heavy atom. The van der Waals surface area contributed by atoms with Gasteiger partial charge in [0.25, 0.3) is 5.56 Å². The molecule has 2 atom stereocenters. The van der Waals surface area contributed by atoms with E-state index in [1.165, 1.54) is 11.1 Å². The van der Waals surface area contributed by atoms with E-state index in [9.17, 15) is 9.90 Å². The average Bonchev–Trinajstić information content (AvgIpc) is 2.75. The van der Waals surface area contributed by atoms with Crippen LogP contribution in [-0.4, -0.2) is 51.1 Å². The summed E-state index contributed by atoms with van der Waals surface area (Å²) in [4.78, 5) is 15.1. The number of halogens is 1. The van der Waals surface area contributed by atoms with E-state index in [2.05, 4.69) is 15.3 Å². The first kappa shape index (κ1) is 20.4. The topological polar surface area (TPSA) is 70.4 Å². The van der Waals surface area contributed by atoms with Crippen LogP contribution in [0.2, 0.25) is 5.02 Å². The van der Waals surface area contributed by atoms with E-state index in [1.54, 1.807) is 6.20 Å². The van der Waals surface area contributed by atoms with E-state index in [4.69, 9.17) is 11.6 Å². The van der Waals surface area contributed by atoms with Crippen molar-refractivity contribution >= 4 is 17.3 Å². The highest BCUT2D eigenvalue weighted by molar-refractivity contribution is 6.32. The molecule has 1 aliphatic heterocycles. The summed E-state index contributed by atoms with van der Waals surface area (Å²) < 4.78 is 1.40. The zero-order valence-electron chi connectivity index (χ0n) is 16.6. The fourth-order valence-electron chi connectivity index (χ4n) is 4.55. The molecular weight excluding hydrogens is 388 g/mol. The smallest absolute Gasteiger partial charge is 0.287 e. The number of nitrogens with one attached hydrogen (secondary N) is 1. The summed E-state index contributed by atoms with van der Waals surface area (Å²) in [6, 6.07) is 10.3. The molecule has 1 aliphatic carbocycles. The van der Waals surface area contributed by atoms with Crippen LogP contribution >= 0.6 is 11.6 Å². The minimum atomic E-state index is -0.275. The standard InChI is InChI=1S/C22H29ClN4O2/c23-21-18(14-24-27(22(21)29)15-16-6-2-1-3-7-16)25-17-10-12-26(13-11-17)19-8-4-5-9-20(19)28/h1-3,6-7,14,17,19-20,25,28H,4-5,8-13,15H2. The van der Waals surface area contributed by atoms with Crippen LogP contribution in [0.4, 0.5) is 5.69 Å². The van der Waals surface area contributed by atoms with Crippen LogP contribution < -0.4 is 10.9 Å². The number of benzene rings is 1. The van der Waals surface area contributed by atoms with Crippen molar-refractivity contribution < 1.29 is 5.11 Å². The number of anilines is 1. The molecule has 2 N–H and O–H groups in total.